The summed E-state index contributed by atoms with van der Waals surface area (Å²) in [6, 6.07) is 7.88. The third-order valence-corrected chi connectivity index (χ3v) is 3.15. The average Bonchev–Trinajstić information content (AvgIpc) is 2.37. The van der Waals surface area contributed by atoms with E-state index in [-0.39, 0.29) is 11.3 Å². The summed E-state index contributed by atoms with van der Waals surface area (Å²) in [4.78, 5) is 14.5. The number of nitrogens with two attached hydrogens (primary N) is 1. The Hall–Kier alpha value is -1.35. The minimum atomic E-state index is -0.0349. The van der Waals surface area contributed by atoms with Crippen molar-refractivity contribution in [3.63, 3.8) is 0 Å². The molecular formula is C16H26N2O. The molecule has 0 aromatic heterocycles. The van der Waals surface area contributed by atoms with Crippen LogP contribution in [0, 0.1) is 0 Å². The van der Waals surface area contributed by atoms with E-state index in [2.05, 4.69) is 27.7 Å². The zero-order valence-corrected chi connectivity index (χ0v) is 12.6. The van der Waals surface area contributed by atoms with Crippen molar-refractivity contribution in [1.29, 1.82) is 0 Å². The molecule has 1 rings (SSSR count). The van der Waals surface area contributed by atoms with Crippen molar-refractivity contribution in [3.05, 3.63) is 35.4 Å². The summed E-state index contributed by atoms with van der Waals surface area (Å²) in [5.41, 5.74) is 7.47. The highest BCUT2D eigenvalue weighted by Gasteiger charge is 2.23. The molecule has 0 atom stereocenters. The molecule has 1 aromatic rings. The van der Waals surface area contributed by atoms with Crippen LogP contribution in [0.5, 0.6) is 0 Å². The van der Waals surface area contributed by atoms with E-state index in [1.807, 2.05) is 29.2 Å². The van der Waals surface area contributed by atoms with Crippen LogP contribution >= 0.6 is 0 Å². The zero-order valence-electron chi connectivity index (χ0n) is 12.6. The van der Waals surface area contributed by atoms with E-state index >= 15 is 0 Å². The first-order valence-electron chi connectivity index (χ1n) is 7.00. The third kappa shape index (κ3) is 4.06. The largest absolute Gasteiger partial charge is 0.337 e. The van der Waals surface area contributed by atoms with Crippen LogP contribution in [-0.4, -0.2) is 30.4 Å². The van der Waals surface area contributed by atoms with Gasteiger partial charge in [0.05, 0.1) is 0 Å². The molecule has 0 bridgehead atoms. The predicted octanol–water partition coefficient (Wildman–Crippen LogP) is 2.80. The number of carbonyl (C=O) groups is 1. The van der Waals surface area contributed by atoms with Gasteiger partial charge in [0, 0.05) is 25.2 Å². The maximum atomic E-state index is 12.7. The van der Waals surface area contributed by atoms with E-state index in [0.717, 1.165) is 24.1 Å². The highest BCUT2D eigenvalue weighted by Crippen LogP contribution is 2.26. The molecule has 19 heavy (non-hydrogen) atoms. The quantitative estimate of drug-likeness (QED) is 0.887. The van der Waals surface area contributed by atoms with E-state index in [1.54, 1.807) is 0 Å². The summed E-state index contributed by atoms with van der Waals surface area (Å²) in [6.07, 6.45) is 0.948. The van der Waals surface area contributed by atoms with Crippen molar-refractivity contribution in [2.45, 2.75) is 39.5 Å². The van der Waals surface area contributed by atoms with Gasteiger partial charge in [-0.25, -0.2) is 0 Å². The Morgan fingerprint density at radius 3 is 2.37 bits per heavy atom. The van der Waals surface area contributed by atoms with Crippen LogP contribution in [0.2, 0.25) is 0 Å². The Labute approximate surface area is 116 Å². The van der Waals surface area contributed by atoms with Crippen LogP contribution < -0.4 is 5.73 Å². The lowest BCUT2D eigenvalue weighted by atomic mass is 9.83. The molecule has 1 aromatic carbocycles. The predicted molar refractivity (Wildman–Crippen MR) is 80.4 cm³/mol. The van der Waals surface area contributed by atoms with Gasteiger partial charge < -0.3 is 10.6 Å². The highest BCUT2D eigenvalue weighted by atomic mass is 16.2. The summed E-state index contributed by atoms with van der Waals surface area (Å²) in [6.45, 7) is 10.3. The number of carbonyl (C=O) groups excluding carboxylic acids is 1. The molecule has 3 heteroatoms. The SMILES string of the molecule is CCCN(CCN)C(=O)c1ccccc1C(C)(C)C. The standard InChI is InChI=1S/C16H26N2O/c1-5-11-18(12-10-17)15(19)13-8-6-7-9-14(13)16(2,3)4/h6-9H,5,10-12,17H2,1-4H3. The molecule has 0 saturated carbocycles. The number of hydrogen-bond donors (Lipinski definition) is 1. The van der Waals surface area contributed by atoms with Gasteiger partial charge in [-0.2, -0.15) is 0 Å². The molecule has 1 amide bonds. The van der Waals surface area contributed by atoms with Crippen LogP contribution in [0.4, 0.5) is 0 Å². The van der Waals surface area contributed by atoms with Crippen LogP contribution in [0.15, 0.2) is 24.3 Å². The molecule has 0 unspecified atom stereocenters. The molecule has 3 nitrogen and oxygen atoms in total. The van der Waals surface area contributed by atoms with Crippen molar-refractivity contribution < 1.29 is 4.79 Å². The van der Waals surface area contributed by atoms with Crippen molar-refractivity contribution in [3.8, 4) is 0 Å². The first kappa shape index (κ1) is 15.7. The second-order valence-corrected chi connectivity index (χ2v) is 5.88. The molecule has 0 radical (unpaired) electrons. The molecule has 0 heterocycles. The summed E-state index contributed by atoms with van der Waals surface area (Å²) >= 11 is 0. The second kappa shape index (κ2) is 6.71. The third-order valence-electron chi connectivity index (χ3n) is 3.15. The zero-order chi connectivity index (χ0) is 14.5. The minimum absolute atomic E-state index is 0.0349. The molecule has 0 saturated heterocycles. The highest BCUT2D eigenvalue weighted by molar-refractivity contribution is 5.96. The molecule has 106 valence electrons. The molecular weight excluding hydrogens is 236 g/mol. The summed E-state index contributed by atoms with van der Waals surface area (Å²) in [7, 11) is 0. The van der Waals surface area contributed by atoms with Crippen molar-refractivity contribution in [2.24, 2.45) is 5.73 Å². The van der Waals surface area contributed by atoms with Crippen LogP contribution in [0.1, 0.15) is 50.0 Å². The molecule has 0 fully saturated rings. The van der Waals surface area contributed by atoms with Gasteiger partial charge >= 0.3 is 0 Å². The molecule has 0 aliphatic heterocycles. The van der Waals surface area contributed by atoms with E-state index in [4.69, 9.17) is 5.73 Å². The van der Waals surface area contributed by atoms with Crippen LogP contribution in [0.3, 0.4) is 0 Å². The fourth-order valence-electron chi connectivity index (χ4n) is 2.23. The smallest absolute Gasteiger partial charge is 0.254 e. The normalized spacial score (nSPS) is 11.4. The maximum absolute atomic E-state index is 12.7. The fourth-order valence-corrected chi connectivity index (χ4v) is 2.23. The first-order chi connectivity index (χ1) is 8.91. The average molecular weight is 262 g/mol. The van der Waals surface area contributed by atoms with Crippen molar-refractivity contribution in [1.82, 2.24) is 4.90 Å². The molecule has 0 aliphatic carbocycles. The number of rotatable bonds is 5. The van der Waals surface area contributed by atoms with Gasteiger partial charge in [0.2, 0.25) is 0 Å². The number of benzene rings is 1. The monoisotopic (exact) mass is 262 g/mol. The van der Waals surface area contributed by atoms with Crippen LogP contribution in [0.25, 0.3) is 0 Å². The number of nitrogens with zero attached hydrogens (tertiary/aromatic N) is 1. The topological polar surface area (TPSA) is 46.3 Å². The van der Waals surface area contributed by atoms with Crippen molar-refractivity contribution in [2.75, 3.05) is 19.6 Å². The lowest BCUT2D eigenvalue weighted by Crippen LogP contribution is -2.37. The Kier molecular flexibility index (Phi) is 5.55. The van der Waals surface area contributed by atoms with Crippen LogP contribution in [-0.2, 0) is 5.41 Å². The van der Waals surface area contributed by atoms with Gasteiger partial charge in [-0.05, 0) is 23.5 Å². The Morgan fingerprint density at radius 2 is 1.84 bits per heavy atom. The van der Waals surface area contributed by atoms with Gasteiger partial charge in [0.1, 0.15) is 0 Å². The van der Waals surface area contributed by atoms with Gasteiger partial charge in [-0.3, -0.25) is 4.79 Å². The van der Waals surface area contributed by atoms with E-state index in [9.17, 15) is 4.79 Å². The summed E-state index contributed by atoms with van der Waals surface area (Å²) in [5.74, 6) is 0.0952. The molecule has 0 aliphatic rings. The van der Waals surface area contributed by atoms with Crippen molar-refractivity contribution >= 4 is 5.91 Å². The Morgan fingerprint density at radius 1 is 1.21 bits per heavy atom. The summed E-state index contributed by atoms with van der Waals surface area (Å²) < 4.78 is 0. The summed E-state index contributed by atoms with van der Waals surface area (Å²) in [5, 5.41) is 0. The molecule has 2 N–H and O–H groups in total. The minimum Gasteiger partial charge on any atom is -0.337 e. The van der Waals surface area contributed by atoms with Gasteiger partial charge in [-0.1, -0.05) is 45.9 Å². The van der Waals surface area contributed by atoms with E-state index in [1.165, 1.54) is 0 Å². The maximum Gasteiger partial charge on any atom is 0.254 e. The number of hydrogen-bond acceptors (Lipinski definition) is 2. The molecule has 0 spiro atoms. The number of amides is 1. The van der Waals surface area contributed by atoms with Gasteiger partial charge in [0.25, 0.3) is 5.91 Å². The second-order valence-electron chi connectivity index (χ2n) is 5.88. The Bertz CT molecular complexity index is 415. The van der Waals surface area contributed by atoms with Gasteiger partial charge in [-0.15, -0.1) is 0 Å². The fraction of sp³-hybridized carbons (Fsp3) is 0.562. The van der Waals surface area contributed by atoms with E-state index in [0.29, 0.717) is 13.1 Å². The Balaban J connectivity index is 3.11. The first-order valence-corrected chi connectivity index (χ1v) is 7.00. The van der Waals surface area contributed by atoms with Gasteiger partial charge in [0.15, 0.2) is 0 Å². The van der Waals surface area contributed by atoms with E-state index < -0.39 is 0 Å². The lowest BCUT2D eigenvalue weighted by molar-refractivity contribution is 0.0758. The lowest BCUT2D eigenvalue weighted by Gasteiger charge is -2.27.